The number of aliphatic imine (C=N–C) groups is 1. The van der Waals surface area contributed by atoms with Gasteiger partial charge in [0.2, 0.25) is 0 Å². The third kappa shape index (κ3) is 1.22. The predicted octanol–water partition coefficient (Wildman–Crippen LogP) is 2.07. The molecule has 2 fully saturated rings. The molecule has 0 radical (unpaired) electrons. The zero-order valence-corrected chi connectivity index (χ0v) is 13.2. The fraction of sp³-hybridized carbons (Fsp3) is 0.812. The number of nitriles is 2. The van der Waals surface area contributed by atoms with E-state index in [0.717, 1.165) is 38.5 Å². The van der Waals surface area contributed by atoms with Crippen molar-refractivity contribution in [3.8, 4) is 12.1 Å². The molecule has 2 atom stereocenters. The van der Waals surface area contributed by atoms with Crippen LogP contribution in [0.1, 0.15) is 44.9 Å². The average molecular weight is 302 g/mol. The molecule has 6 heteroatoms. The Labute approximate surface area is 130 Å². The number of hydrogen-bond donors (Lipinski definition) is 1. The summed E-state index contributed by atoms with van der Waals surface area (Å²) in [6.07, 6.45) is 7.01. The topological polar surface area (TPSA) is 104 Å². The van der Waals surface area contributed by atoms with E-state index >= 15 is 0 Å². The molecule has 22 heavy (non-hydrogen) atoms. The molecule has 2 saturated carbocycles. The van der Waals surface area contributed by atoms with E-state index in [1.54, 1.807) is 0 Å². The van der Waals surface area contributed by atoms with Gasteiger partial charge in [0.15, 0.2) is 5.41 Å². The molecule has 0 amide bonds. The third-order valence-corrected chi connectivity index (χ3v) is 6.16. The third-order valence-electron chi connectivity index (χ3n) is 6.16. The lowest BCUT2D eigenvalue weighted by atomic mass is 9.78. The van der Waals surface area contributed by atoms with Crippen molar-refractivity contribution in [2.24, 2.45) is 27.0 Å². The quantitative estimate of drug-likeness (QED) is 0.786. The minimum absolute atomic E-state index is 0.195. The van der Waals surface area contributed by atoms with Gasteiger partial charge in [-0.05, 0) is 12.8 Å². The largest absolute Gasteiger partial charge is 0.386 e. The summed E-state index contributed by atoms with van der Waals surface area (Å²) in [6, 6.07) is 4.72. The number of methoxy groups -OCH3 is 2. The Balaban J connectivity index is 2.20. The van der Waals surface area contributed by atoms with Gasteiger partial charge < -0.3 is 15.2 Å². The van der Waals surface area contributed by atoms with Gasteiger partial charge in [0.1, 0.15) is 11.3 Å². The lowest BCUT2D eigenvalue weighted by Gasteiger charge is -2.34. The first-order valence-electron chi connectivity index (χ1n) is 7.86. The van der Waals surface area contributed by atoms with Gasteiger partial charge in [-0.1, -0.05) is 32.1 Å². The number of hydrogen-bond acceptors (Lipinski definition) is 6. The molecule has 0 bridgehead atoms. The van der Waals surface area contributed by atoms with Crippen molar-refractivity contribution in [1.82, 2.24) is 0 Å². The molecule has 0 aromatic carbocycles. The molecule has 0 aromatic heterocycles. The first-order chi connectivity index (χ1) is 10.6. The van der Waals surface area contributed by atoms with Gasteiger partial charge in [-0.3, -0.25) is 0 Å². The van der Waals surface area contributed by atoms with Crippen molar-refractivity contribution in [2.75, 3.05) is 14.2 Å². The van der Waals surface area contributed by atoms with Crippen molar-refractivity contribution in [1.29, 1.82) is 10.5 Å². The molecule has 0 unspecified atom stereocenters. The highest BCUT2D eigenvalue weighted by Gasteiger charge is 2.99. The van der Waals surface area contributed by atoms with E-state index in [1.165, 1.54) is 20.6 Å². The highest BCUT2D eigenvalue weighted by Crippen LogP contribution is 2.88. The smallest absolute Gasteiger partial charge is 0.292 e. The van der Waals surface area contributed by atoms with Crippen molar-refractivity contribution in [2.45, 2.75) is 50.9 Å². The van der Waals surface area contributed by atoms with Crippen LogP contribution in [0.4, 0.5) is 0 Å². The van der Waals surface area contributed by atoms with Crippen LogP contribution >= 0.6 is 0 Å². The van der Waals surface area contributed by atoms with Gasteiger partial charge in [0, 0.05) is 19.6 Å². The Morgan fingerprint density at radius 3 is 2.00 bits per heavy atom. The summed E-state index contributed by atoms with van der Waals surface area (Å²) in [7, 11) is 2.92. The highest BCUT2D eigenvalue weighted by atomic mass is 16.7. The highest BCUT2D eigenvalue weighted by molar-refractivity contribution is 6.00. The van der Waals surface area contributed by atoms with Crippen molar-refractivity contribution in [3.05, 3.63) is 0 Å². The summed E-state index contributed by atoms with van der Waals surface area (Å²) in [6.45, 7) is 0. The van der Waals surface area contributed by atoms with Crippen LogP contribution in [0.25, 0.3) is 0 Å². The van der Waals surface area contributed by atoms with Gasteiger partial charge in [-0.2, -0.15) is 10.5 Å². The number of fused-ring (bicyclic) bond motifs is 3. The maximum atomic E-state index is 10.1. The number of nitrogens with zero attached hydrogens (tertiary/aromatic N) is 3. The second-order valence-electron chi connectivity index (χ2n) is 6.56. The van der Waals surface area contributed by atoms with Gasteiger partial charge >= 0.3 is 0 Å². The lowest BCUT2D eigenvalue weighted by molar-refractivity contribution is -0.237. The maximum Gasteiger partial charge on any atom is 0.292 e. The van der Waals surface area contributed by atoms with E-state index in [4.69, 9.17) is 15.2 Å². The minimum atomic E-state index is -1.47. The van der Waals surface area contributed by atoms with E-state index < -0.39 is 22.2 Å². The molecule has 2 N–H and O–H groups in total. The van der Waals surface area contributed by atoms with Gasteiger partial charge in [0.05, 0.1) is 12.1 Å². The second kappa shape index (κ2) is 4.68. The zero-order chi connectivity index (χ0) is 16.1. The van der Waals surface area contributed by atoms with E-state index in [9.17, 15) is 10.5 Å². The average Bonchev–Trinajstić information content (AvgIpc) is 2.97. The number of rotatable bonds is 2. The van der Waals surface area contributed by atoms with Gasteiger partial charge in [0.25, 0.3) is 5.91 Å². The Morgan fingerprint density at radius 1 is 1.00 bits per heavy atom. The van der Waals surface area contributed by atoms with E-state index in [0.29, 0.717) is 0 Å². The summed E-state index contributed by atoms with van der Waals surface area (Å²) in [4.78, 5) is 4.28. The van der Waals surface area contributed by atoms with E-state index in [2.05, 4.69) is 17.1 Å². The Morgan fingerprint density at radius 2 is 1.55 bits per heavy atom. The summed E-state index contributed by atoms with van der Waals surface area (Å²) < 4.78 is 11.1. The molecule has 3 aliphatic rings. The van der Waals surface area contributed by atoms with Crippen molar-refractivity contribution >= 4 is 5.84 Å². The van der Waals surface area contributed by atoms with Crippen LogP contribution in [0, 0.1) is 38.9 Å². The molecule has 6 nitrogen and oxygen atoms in total. The van der Waals surface area contributed by atoms with Crippen LogP contribution < -0.4 is 5.73 Å². The van der Waals surface area contributed by atoms with Crippen molar-refractivity contribution < 1.29 is 9.47 Å². The van der Waals surface area contributed by atoms with Crippen LogP contribution in [0.5, 0.6) is 0 Å². The van der Waals surface area contributed by atoms with Crippen LogP contribution in [-0.4, -0.2) is 26.0 Å². The summed E-state index contributed by atoms with van der Waals surface area (Å²) in [5.74, 6) is -1.28. The fourth-order valence-electron chi connectivity index (χ4n) is 5.24. The monoisotopic (exact) mass is 302 g/mol. The number of amidine groups is 1. The molecule has 0 saturated heterocycles. The summed E-state index contributed by atoms with van der Waals surface area (Å²) in [5, 5.41) is 20.0. The zero-order valence-electron chi connectivity index (χ0n) is 13.2. The van der Waals surface area contributed by atoms with E-state index in [-0.39, 0.29) is 5.84 Å². The Hall–Kier alpha value is -1.63. The second-order valence-corrected chi connectivity index (χ2v) is 6.56. The normalized spacial score (nSPS) is 38.1. The molecule has 0 aromatic rings. The van der Waals surface area contributed by atoms with Gasteiger partial charge in [-0.25, -0.2) is 4.99 Å². The molecule has 2 aliphatic carbocycles. The fourth-order valence-corrected chi connectivity index (χ4v) is 5.24. The molecule has 118 valence electrons. The summed E-state index contributed by atoms with van der Waals surface area (Å²) >= 11 is 0. The molecule has 1 heterocycles. The van der Waals surface area contributed by atoms with Crippen molar-refractivity contribution in [3.63, 3.8) is 0 Å². The summed E-state index contributed by atoms with van der Waals surface area (Å²) in [5.41, 5.74) is 3.42. The maximum absolute atomic E-state index is 10.1. The number of nitrogens with two attached hydrogens (primary N) is 1. The molecular formula is C16H22N4O2. The Bertz CT molecular complexity index is 590. The molecule has 1 spiro atoms. The predicted molar refractivity (Wildman–Crippen MR) is 79.2 cm³/mol. The van der Waals surface area contributed by atoms with Crippen LogP contribution in [0.3, 0.4) is 0 Å². The van der Waals surface area contributed by atoms with Crippen LogP contribution in [-0.2, 0) is 9.47 Å². The van der Waals surface area contributed by atoms with Gasteiger partial charge in [-0.15, -0.1) is 0 Å². The minimum Gasteiger partial charge on any atom is -0.386 e. The standard InChI is InChI=1S/C16H22N4O2/c1-21-16(22-2)15(11-18)13(8-6-4-3-5-7-9-13)14(15,10-17)12(19)20-16/h3-9H2,1-2H3,(H2,19,20)/t14-,15+/m0/s1. The first kappa shape index (κ1) is 15.3. The SMILES string of the molecule is COC1(OC)N=C(N)[C@@]2(C#N)C3(CCCCCCC3)[C@@]12C#N. The van der Waals surface area contributed by atoms with E-state index in [1.807, 2.05) is 0 Å². The molecule has 1 aliphatic heterocycles. The Kier molecular flexibility index (Phi) is 3.25. The molecular weight excluding hydrogens is 280 g/mol. The first-order valence-corrected chi connectivity index (χ1v) is 7.86. The molecule has 3 rings (SSSR count). The lowest BCUT2D eigenvalue weighted by Crippen LogP contribution is -2.44. The number of ether oxygens (including phenoxy) is 2. The van der Waals surface area contributed by atoms with Crippen LogP contribution in [0.15, 0.2) is 4.99 Å². The van der Waals surface area contributed by atoms with Crippen LogP contribution in [0.2, 0.25) is 0 Å².